The van der Waals surface area contributed by atoms with Crippen molar-refractivity contribution < 1.29 is 9.15 Å². The van der Waals surface area contributed by atoms with Crippen LogP contribution in [0.15, 0.2) is 47.1 Å². The summed E-state index contributed by atoms with van der Waals surface area (Å²) in [6, 6.07) is 12.8. The summed E-state index contributed by atoms with van der Waals surface area (Å²) in [5.74, 6) is 2.08. The monoisotopic (exact) mass is 307 g/mol. The van der Waals surface area contributed by atoms with Crippen LogP contribution in [0.5, 0.6) is 0 Å². The number of benzene rings is 1. The van der Waals surface area contributed by atoms with Crippen LogP contribution in [0.25, 0.3) is 10.9 Å². The lowest BCUT2D eigenvalue weighted by Crippen LogP contribution is -2.33. The van der Waals surface area contributed by atoms with Crippen LogP contribution in [0.2, 0.25) is 0 Å². The van der Waals surface area contributed by atoms with Crippen molar-refractivity contribution in [1.29, 1.82) is 0 Å². The Morgan fingerprint density at radius 3 is 2.87 bits per heavy atom. The van der Waals surface area contributed by atoms with E-state index >= 15 is 0 Å². The molecule has 3 heterocycles. The van der Waals surface area contributed by atoms with Gasteiger partial charge < -0.3 is 13.7 Å². The Bertz CT molecular complexity index is 846. The molecular weight excluding hydrogens is 286 g/mol. The summed E-state index contributed by atoms with van der Waals surface area (Å²) >= 11 is 0. The van der Waals surface area contributed by atoms with Crippen LogP contribution in [0.3, 0.4) is 0 Å². The normalized spacial score (nSPS) is 26.9. The molecule has 0 spiro atoms. The highest BCUT2D eigenvalue weighted by atomic mass is 16.5. The first-order chi connectivity index (χ1) is 11.3. The number of furan rings is 1. The molecule has 3 heteroatoms. The average molecular weight is 307 g/mol. The van der Waals surface area contributed by atoms with E-state index in [-0.39, 0.29) is 6.10 Å². The molecule has 2 aliphatic rings. The molecule has 3 atom stereocenters. The van der Waals surface area contributed by atoms with Crippen LogP contribution in [0, 0.1) is 5.92 Å². The highest BCUT2D eigenvalue weighted by Crippen LogP contribution is 2.50. The van der Waals surface area contributed by atoms with Gasteiger partial charge in [0, 0.05) is 42.1 Å². The molecule has 2 aromatic heterocycles. The molecule has 0 amide bonds. The Balaban J connectivity index is 1.64. The van der Waals surface area contributed by atoms with Crippen molar-refractivity contribution >= 4 is 10.9 Å². The maximum Gasteiger partial charge on any atom is 0.132 e. The predicted molar refractivity (Wildman–Crippen MR) is 89.5 cm³/mol. The molecule has 3 nitrogen and oxygen atoms in total. The number of hydrogen-bond donors (Lipinski definition) is 0. The summed E-state index contributed by atoms with van der Waals surface area (Å²) in [4.78, 5) is 0. The average Bonchev–Trinajstić information content (AvgIpc) is 3.22. The van der Waals surface area contributed by atoms with E-state index in [0.717, 1.165) is 25.2 Å². The minimum atomic E-state index is 0.106. The first kappa shape index (κ1) is 13.4. The van der Waals surface area contributed by atoms with Gasteiger partial charge in [0.1, 0.15) is 11.9 Å². The lowest BCUT2D eigenvalue weighted by molar-refractivity contribution is -0.0579. The predicted octanol–water partition coefficient (Wildman–Crippen LogP) is 4.58. The molecule has 1 aliphatic carbocycles. The highest BCUT2D eigenvalue weighted by Gasteiger charge is 2.42. The van der Waals surface area contributed by atoms with Crippen LogP contribution in [-0.4, -0.2) is 11.2 Å². The number of aryl methyl sites for hydroxylation is 2. The van der Waals surface area contributed by atoms with E-state index in [1.807, 2.05) is 6.07 Å². The Morgan fingerprint density at radius 1 is 1.09 bits per heavy atom. The van der Waals surface area contributed by atoms with Gasteiger partial charge in [-0.25, -0.2) is 0 Å². The van der Waals surface area contributed by atoms with Crippen LogP contribution >= 0.6 is 0 Å². The van der Waals surface area contributed by atoms with E-state index in [2.05, 4.69) is 41.9 Å². The van der Waals surface area contributed by atoms with Gasteiger partial charge in [-0.2, -0.15) is 0 Å². The first-order valence-electron chi connectivity index (χ1n) is 8.56. The van der Waals surface area contributed by atoms with Gasteiger partial charge in [-0.15, -0.1) is 0 Å². The third kappa shape index (κ3) is 1.86. The summed E-state index contributed by atoms with van der Waals surface area (Å²) in [6.45, 7) is 0.813. The fourth-order valence-electron chi connectivity index (χ4n) is 4.85. The standard InChI is InChI=1S/C20H21NO2/c1-21-17-6-3-2-5-13(17)14-8-9-16-15(19(14)21)10-12-23-20(16)18-7-4-11-22-18/h2-7,11,15-16,20H,8-10,12H2,1H3/t15-,16-,20+/m0/s1. The van der Waals surface area contributed by atoms with Gasteiger partial charge in [-0.1, -0.05) is 18.2 Å². The van der Waals surface area contributed by atoms with E-state index in [0.29, 0.717) is 11.8 Å². The Morgan fingerprint density at radius 2 is 2.00 bits per heavy atom. The molecule has 5 rings (SSSR count). The van der Waals surface area contributed by atoms with Crippen molar-refractivity contribution in [1.82, 2.24) is 4.57 Å². The number of para-hydroxylation sites is 1. The third-order valence-corrected chi connectivity index (χ3v) is 5.80. The Labute approximate surface area is 135 Å². The molecule has 0 saturated carbocycles. The van der Waals surface area contributed by atoms with Crippen LogP contribution in [0.4, 0.5) is 0 Å². The second-order valence-electron chi connectivity index (χ2n) is 6.84. The molecule has 118 valence electrons. The molecule has 0 bridgehead atoms. The van der Waals surface area contributed by atoms with Crippen molar-refractivity contribution in [2.24, 2.45) is 13.0 Å². The van der Waals surface area contributed by atoms with E-state index in [9.17, 15) is 0 Å². The van der Waals surface area contributed by atoms with Gasteiger partial charge in [-0.05, 0) is 43.0 Å². The topological polar surface area (TPSA) is 27.3 Å². The SMILES string of the molecule is Cn1c2c(c3ccccc31)CC[C@H]1[C@@H]2CCO[C@H]1c1ccco1. The molecule has 0 unspecified atom stereocenters. The smallest absolute Gasteiger partial charge is 0.132 e. The largest absolute Gasteiger partial charge is 0.467 e. The number of hydrogen-bond acceptors (Lipinski definition) is 2. The molecule has 1 fully saturated rings. The molecule has 1 aliphatic heterocycles. The fraction of sp³-hybridized carbons (Fsp3) is 0.400. The number of aromatic nitrogens is 1. The number of rotatable bonds is 1. The van der Waals surface area contributed by atoms with Gasteiger partial charge in [0.2, 0.25) is 0 Å². The van der Waals surface area contributed by atoms with Crippen molar-refractivity contribution in [2.75, 3.05) is 6.61 Å². The molecule has 1 aromatic carbocycles. The highest BCUT2D eigenvalue weighted by molar-refractivity contribution is 5.86. The molecule has 0 radical (unpaired) electrons. The summed E-state index contributed by atoms with van der Waals surface area (Å²) in [5.41, 5.74) is 4.45. The fourth-order valence-corrected chi connectivity index (χ4v) is 4.85. The number of nitrogens with zero attached hydrogens (tertiary/aromatic N) is 1. The summed E-state index contributed by atoms with van der Waals surface area (Å²) in [5, 5.41) is 1.43. The Hall–Kier alpha value is -2.00. The molecule has 0 N–H and O–H groups in total. The van der Waals surface area contributed by atoms with E-state index in [1.54, 1.807) is 11.8 Å². The molecule has 1 saturated heterocycles. The van der Waals surface area contributed by atoms with Gasteiger partial charge in [-0.3, -0.25) is 0 Å². The summed E-state index contributed by atoms with van der Waals surface area (Å²) in [7, 11) is 2.22. The maximum atomic E-state index is 6.12. The second kappa shape index (κ2) is 5.00. The number of ether oxygens (including phenoxy) is 1. The minimum Gasteiger partial charge on any atom is -0.467 e. The summed E-state index contributed by atoms with van der Waals surface area (Å²) in [6.07, 6.45) is 5.29. The third-order valence-electron chi connectivity index (χ3n) is 5.80. The molecule has 3 aromatic rings. The van der Waals surface area contributed by atoms with Crippen molar-refractivity contribution in [2.45, 2.75) is 31.3 Å². The quantitative estimate of drug-likeness (QED) is 0.658. The van der Waals surface area contributed by atoms with Gasteiger partial charge in [0.25, 0.3) is 0 Å². The maximum absolute atomic E-state index is 6.12. The van der Waals surface area contributed by atoms with Gasteiger partial charge in [0.15, 0.2) is 0 Å². The zero-order valence-electron chi connectivity index (χ0n) is 13.4. The van der Waals surface area contributed by atoms with Crippen molar-refractivity contribution in [3.8, 4) is 0 Å². The lowest BCUT2D eigenvalue weighted by Gasteiger charge is -2.41. The zero-order chi connectivity index (χ0) is 15.4. The van der Waals surface area contributed by atoms with E-state index in [1.165, 1.54) is 23.0 Å². The van der Waals surface area contributed by atoms with Crippen LogP contribution in [0.1, 0.15) is 41.9 Å². The van der Waals surface area contributed by atoms with Gasteiger partial charge in [0.05, 0.1) is 6.26 Å². The molecular formula is C20H21NO2. The first-order valence-corrected chi connectivity index (χ1v) is 8.56. The van der Waals surface area contributed by atoms with Crippen molar-refractivity contribution in [3.05, 3.63) is 59.7 Å². The Kier molecular flexibility index (Phi) is 2.92. The second-order valence-corrected chi connectivity index (χ2v) is 6.84. The van der Waals surface area contributed by atoms with Crippen LogP contribution in [-0.2, 0) is 18.2 Å². The van der Waals surface area contributed by atoms with E-state index < -0.39 is 0 Å². The van der Waals surface area contributed by atoms with Crippen LogP contribution < -0.4 is 0 Å². The van der Waals surface area contributed by atoms with Gasteiger partial charge >= 0.3 is 0 Å². The van der Waals surface area contributed by atoms with E-state index in [4.69, 9.17) is 9.15 Å². The zero-order valence-corrected chi connectivity index (χ0v) is 13.4. The minimum absolute atomic E-state index is 0.106. The van der Waals surface area contributed by atoms with Crippen molar-refractivity contribution in [3.63, 3.8) is 0 Å². The lowest BCUT2D eigenvalue weighted by atomic mass is 9.72. The number of fused-ring (bicyclic) bond motifs is 5. The summed E-state index contributed by atoms with van der Waals surface area (Å²) < 4.78 is 14.2. The molecule has 23 heavy (non-hydrogen) atoms.